The third kappa shape index (κ3) is 3.45. The molecule has 1 fully saturated rings. The highest BCUT2D eigenvalue weighted by molar-refractivity contribution is 9.10. The van der Waals surface area contributed by atoms with Crippen LogP contribution in [-0.2, 0) is 0 Å². The van der Waals surface area contributed by atoms with Crippen LogP contribution in [0.3, 0.4) is 0 Å². The van der Waals surface area contributed by atoms with Gasteiger partial charge in [-0.25, -0.2) is 9.18 Å². The number of likely N-dealkylation sites (tertiary alicyclic amines) is 1. The molecule has 1 aliphatic rings. The Bertz CT molecular complexity index is 747. The van der Waals surface area contributed by atoms with Gasteiger partial charge in [-0.2, -0.15) is 0 Å². The summed E-state index contributed by atoms with van der Waals surface area (Å²) in [5, 5.41) is 6.70. The van der Waals surface area contributed by atoms with Crippen LogP contribution in [-0.4, -0.2) is 22.6 Å². The van der Waals surface area contributed by atoms with Crippen LogP contribution >= 0.6 is 15.9 Å². The molecule has 1 atom stereocenters. The number of nitrogens with one attached hydrogen (secondary N) is 1. The van der Waals surface area contributed by atoms with Crippen molar-refractivity contribution in [2.24, 2.45) is 0 Å². The summed E-state index contributed by atoms with van der Waals surface area (Å²) in [6, 6.07) is 5.95. The van der Waals surface area contributed by atoms with Crippen LogP contribution in [0.15, 0.2) is 33.3 Å². The number of halogens is 2. The van der Waals surface area contributed by atoms with Crippen molar-refractivity contribution < 1.29 is 13.7 Å². The average Bonchev–Trinajstić information content (AvgIpc) is 3.17. The summed E-state index contributed by atoms with van der Waals surface area (Å²) in [6.45, 7) is 4.68. The fourth-order valence-corrected chi connectivity index (χ4v) is 3.15. The molecule has 1 unspecified atom stereocenters. The standard InChI is InChI=1S/C17H19BrFN3O2/c1-10(2)14-9-16(24-21-14)15-4-3-7-22(15)17(23)20-13-6-5-11(18)8-12(13)19/h5-6,8-10,15H,3-4,7H2,1-2H3,(H,20,23). The maximum Gasteiger partial charge on any atom is 0.322 e. The van der Waals surface area contributed by atoms with Gasteiger partial charge in [0.2, 0.25) is 0 Å². The Morgan fingerprint density at radius 3 is 2.92 bits per heavy atom. The van der Waals surface area contributed by atoms with E-state index in [0.29, 0.717) is 16.8 Å². The number of nitrogens with zero attached hydrogens (tertiary/aromatic N) is 2. The zero-order valence-electron chi connectivity index (χ0n) is 13.6. The first kappa shape index (κ1) is 17.0. The van der Waals surface area contributed by atoms with E-state index in [1.165, 1.54) is 12.1 Å². The van der Waals surface area contributed by atoms with Gasteiger partial charge in [0.1, 0.15) is 5.82 Å². The average molecular weight is 396 g/mol. The van der Waals surface area contributed by atoms with E-state index in [1.807, 2.05) is 19.9 Å². The second kappa shape index (κ2) is 6.93. The van der Waals surface area contributed by atoms with Crippen molar-refractivity contribution in [1.29, 1.82) is 0 Å². The van der Waals surface area contributed by atoms with Crippen molar-refractivity contribution in [2.45, 2.75) is 38.6 Å². The number of carbonyl (C=O) groups excluding carboxylic acids is 1. The molecule has 2 amide bonds. The second-order valence-electron chi connectivity index (χ2n) is 6.21. The van der Waals surface area contributed by atoms with E-state index in [0.717, 1.165) is 18.5 Å². The molecule has 7 heteroatoms. The smallest absolute Gasteiger partial charge is 0.322 e. The number of carbonyl (C=O) groups is 1. The lowest BCUT2D eigenvalue weighted by molar-refractivity contribution is 0.195. The van der Waals surface area contributed by atoms with Crippen molar-refractivity contribution >= 4 is 27.6 Å². The van der Waals surface area contributed by atoms with Gasteiger partial charge in [-0.15, -0.1) is 0 Å². The Labute approximate surface area is 148 Å². The lowest BCUT2D eigenvalue weighted by Gasteiger charge is -2.23. The summed E-state index contributed by atoms with van der Waals surface area (Å²) < 4.78 is 20.0. The van der Waals surface area contributed by atoms with Gasteiger partial charge in [0.05, 0.1) is 17.4 Å². The van der Waals surface area contributed by atoms with Crippen LogP contribution in [0.2, 0.25) is 0 Å². The Kier molecular flexibility index (Phi) is 4.89. The number of benzene rings is 1. The molecule has 0 aliphatic carbocycles. The molecule has 1 aliphatic heterocycles. The first-order valence-corrected chi connectivity index (χ1v) is 8.74. The summed E-state index contributed by atoms with van der Waals surface area (Å²) in [5.41, 5.74) is 1.03. The third-order valence-corrected chi connectivity index (χ3v) is 4.65. The van der Waals surface area contributed by atoms with E-state index in [4.69, 9.17) is 4.52 Å². The largest absolute Gasteiger partial charge is 0.359 e. The van der Waals surface area contributed by atoms with E-state index in [2.05, 4.69) is 26.4 Å². The number of aromatic nitrogens is 1. The molecule has 2 aromatic rings. The maximum absolute atomic E-state index is 13.9. The monoisotopic (exact) mass is 395 g/mol. The molecule has 2 heterocycles. The Morgan fingerprint density at radius 1 is 1.46 bits per heavy atom. The molecule has 0 saturated carbocycles. The molecule has 1 aromatic heterocycles. The van der Waals surface area contributed by atoms with Crippen molar-refractivity contribution in [3.8, 4) is 0 Å². The Morgan fingerprint density at radius 2 is 2.25 bits per heavy atom. The molecule has 24 heavy (non-hydrogen) atoms. The van der Waals surface area contributed by atoms with Crippen LogP contribution in [0.4, 0.5) is 14.9 Å². The first-order valence-electron chi connectivity index (χ1n) is 7.95. The van der Waals surface area contributed by atoms with Crippen molar-refractivity contribution in [3.63, 3.8) is 0 Å². The number of anilines is 1. The van der Waals surface area contributed by atoms with E-state index in [-0.39, 0.29) is 23.7 Å². The molecule has 0 radical (unpaired) electrons. The highest BCUT2D eigenvalue weighted by Gasteiger charge is 2.33. The molecule has 1 N–H and O–H groups in total. The predicted octanol–water partition coefficient (Wildman–Crippen LogP) is 5.07. The minimum Gasteiger partial charge on any atom is -0.359 e. The van der Waals surface area contributed by atoms with E-state index in [9.17, 15) is 9.18 Å². The van der Waals surface area contributed by atoms with Gasteiger partial charge in [0.25, 0.3) is 0 Å². The molecule has 1 aromatic carbocycles. The molecular formula is C17H19BrFN3O2. The molecule has 0 bridgehead atoms. The molecule has 1 saturated heterocycles. The fraction of sp³-hybridized carbons (Fsp3) is 0.412. The molecular weight excluding hydrogens is 377 g/mol. The number of amides is 2. The number of hydrogen-bond donors (Lipinski definition) is 1. The van der Waals surface area contributed by atoms with Crippen LogP contribution in [0.25, 0.3) is 0 Å². The van der Waals surface area contributed by atoms with E-state index >= 15 is 0 Å². The zero-order chi connectivity index (χ0) is 17.3. The van der Waals surface area contributed by atoms with Gasteiger partial charge >= 0.3 is 6.03 Å². The van der Waals surface area contributed by atoms with Gasteiger partial charge in [-0.1, -0.05) is 34.9 Å². The van der Waals surface area contributed by atoms with Gasteiger partial charge in [0.15, 0.2) is 5.76 Å². The summed E-state index contributed by atoms with van der Waals surface area (Å²) in [7, 11) is 0. The van der Waals surface area contributed by atoms with Crippen LogP contribution in [0.1, 0.15) is 50.1 Å². The minimum absolute atomic E-state index is 0.161. The lowest BCUT2D eigenvalue weighted by Crippen LogP contribution is -2.34. The maximum atomic E-state index is 13.9. The van der Waals surface area contributed by atoms with Crippen LogP contribution in [0, 0.1) is 5.82 Å². The first-order chi connectivity index (χ1) is 11.5. The highest BCUT2D eigenvalue weighted by Crippen LogP contribution is 2.34. The van der Waals surface area contributed by atoms with Crippen molar-refractivity contribution in [2.75, 3.05) is 11.9 Å². The summed E-state index contributed by atoms with van der Waals surface area (Å²) in [6.07, 6.45) is 1.68. The SMILES string of the molecule is CC(C)c1cc(C2CCCN2C(=O)Nc2ccc(Br)cc2F)on1. The highest BCUT2D eigenvalue weighted by atomic mass is 79.9. The summed E-state index contributed by atoms with van der Waals surface area (Å²) in [4.78, 5) is 14.2. The molecule has 128 valence electrons. The van der Waals surface area contributed by atoms with E-state index < -0.39 is 5.82 Å². The van der Waals surface area contributed by atoms with Gasteiger partial charge in [0, 0.05) is 17.1 Å². The van der Waals surface area contributed by atoms with Gasteiger partial charge in [-0.3, -0.25) is 0 Å². The van der Waals surface area contributed by atoms with Crippen molar-refractivity contribution in [3.05, 3.63) is 46.0 Å². The lowest BCUT2D eigenvalue weighted by atomic mass is 10.1. The quantitative estimate of drug-likeness (QED) is 0.788. The number of rotatable bonds is 3. The fourth-order valence-electron chi connectivity index (χ4n) is 2.82. The van der Waals surface area contributed by atoms with Gasteiger partial charge in [-0.05, 0) is 37.0 Å². The van der Waals surface area contributed by atoms with Crippen molar-refractivity contribution in [1.82, 2.24) is 10.1 Å². The summed E-state index contributed by atoms with van der Waals surface area (Å²) >= 11 is 3.20. The topological polar surface area (TPSA) is 58.4 Å². The third-order valence-electron chi connectivity index (χ3n) is 4.15. The van der Waals surface area contributed by atoms with Gasteiger partial charge < -0.3 is 14.7 Å². The second-order valence-corrected chi connectivity index (χ2v) is 7.13. The Hall–Kier alpha value is -1.89. The Balaban J connectivity index is 1.75. The van der Waals surface area contributed by atoms with Crippen LogP contribution < -0.4 is 5.32 Å². The zero-order valence-corrected chi connectivity index (χ0v) is 15.1. The predicted molar refractivity (Wildman–Crippen MR) is 92.4 cm³/mol. The number of urea groups is 1. The van der Waals surface area contributed by atoms with Crippen LogP contribution in [0.5, 0.6) is 0 Å². The molecule has 3 rings (SSSR count). The normalized spacial score (nSPS) is 17.5. The molecule has 0 spiro atoms. The van der Waals surface area contributed by atoms with E-state index in [1.54, 1.807) is 11.0 Å². The summed E-state index contributed by atoms with van der Waals surface area (Å²) in [5.74, 6) is 0.473. The molecule has 5 nitrogen and oxygen atoms in total. The number of hydrogen-bond acceptors (Lipinski definition) is 3. The minimum atomic E-state index is -0.477.